The van der Waals surface area contributed by atoms with Gasteiger partial charge in [0.1, 0.15) is 17.2 Å². The molecule has 0 aromatic heterocycles. The molecule has 0 saturated heterocycles. The number of aliphatic imine (C=N–C) groups is 1. The van der Waals surface area contributed by atoms with Crippen LogP contribution in [0.25, 0.3) is 0 Å². The number of nitrogens with two attached hydrogens (primary N) is 4. The number of nitrogens with zero attached hydrogens (tertiary/aromatic N) is 3. The van der Waals surface area contributed by atoms with Crippen LogP contribution in [-0.4, -0.2) is 46.4 Å². The minimum Gasteiger partial charge on any atom is -0.445 e. The van der Waals surface area contributed by atoms with Crippen molar-refractivity contribution in [3.05, 3.63) is 67.8 Å². The quantitative estimate of drug-likeness (QED) is 0.0874. The van der Waals surface area contributed by atoms with E-state index in [0.717, 1.165) is 12.8 Å². The monoisotopic (exact) mass is 508 g/mol. The average Bonchev–Trinajstić information content (AvgIpc) is 2.80. The predicted molar refractivity (Wildman–Crippen MR) is 143 cm³/mol. The minimum absolute atomic E-state index is 0. The Kier molecular flexibility index (Phi) is 17.1. The molecule has 0 aliphatic rings. The molecule has 0 saturated carbocycles. The molecule has 2 aromatic carbocycles. The molecule has 0 bridgehead atoms. The molecule has 2 aromatic rings. The molecule has 13 heteroatoms. The average molecular weight is 509 g/mol. The van der Waals surface area contributed by atoms with Crippen LogP contribution in [-0.2, 0) is 4.74 Å². The number of aliphatic hydroxyl groups excluding tert-OH is 1. The van der Waals surface area contributed by atoms with Crippen molar-refractivity contribution < 1.29 is 25.1 Å². The molecular weight excluding hydrogens is 470 g/mol. The minimum atomic E-state index is -0.557. The van der Waals surface area contributed by atoms with Crippen molar-refractivity contribution in [2.75, 3.05) is 31.2 Å². The smallest absolute Gasteiger partial charge is 0.366 e. The van der Waals surface area contributed by atoms with Crippen LogP contribution in [0, 0.1) is 20.2 Å². The zero-order valence-electron chi connectivity index (χ0n) is 20.1. The molecule has 0 heterocycles. The Morgan fingerprint density at radius 2 is 1.44 bits per heavy atom. The van der Waals surface area contributed by atoms with E-state index >= 15 is 0 Å². The van der Waals surface area contributed by atoms with Gasteiger partial charge in [-0.1, -0.05) is 20.8 Å². The van der Waals surface area contributed by atoms with Gasteiger partial charge in [-0.25, -0.2) is 5.41 Å². The van der Waals surface area contributed by atoms with E-state index in [1.54, 1.807) is 26.0 Å². The van der Waals surface area contributed by atoms with Gasteiger partial charge in [0.25, 0.3) is 11.4 Å². The molecule has 0 unspecified atom stereocenters. The summed E-state index contributed by atoms with van der Waals surface area (Å²) < 4.78 is 5.03. The molecule has 0 aliphatic carbocycles. The molecule has 0 spiro atoms. The normalized spacial score (nSPS) is 9.94. The lowest BCUT2D eigenvalue weighted by atomic mass is 10.1. The van der Waals surface area contributed by atoms with E-state index in [-0.39, 0.29) is 42.7 Å². The summed E-state index contributed by atoms with van der Waals surface area (Å²) in [6, 6.07) is 8.75. The van der Waals surface area contributed by atoms with Crippen LogP contribution in [0.1, 0.15) is 52.2 Å². The molecule has 0 radical (unpaired) electrons. The lowest BCUT2D eigenvalue weighted by Gasteiger charge is -2.03. The van der Waals surface area contributed by atoms with Crippen LogP contribution >= 0.6 is 0 Å². The Bertz CT molecular complexity index is 1030. The van der Waals surface area contributed by atoms with Gasteiger partial charge in [0.05, 0.1) is 22.0 Å². The van der Waals surface area contributed by atoms with Gasteiger partial charge in [0.2, 0.25) is 0 Å². The second-order valence-corrected chi connectivity index (χ2v) is 6.80. The fraction of sp³-hybridized carbons (Fsp3) is 0.391. The lowest BCUT2D eigenvalue weighted by molar-refractivity contribution is -0.384. The predicted octanol–water partition coefficient (Wildman–Crippen LogP) is 2.04. The second-order valence-electron chi connectivity index (χ2n) is 6.80. The summed E-state index contributed by atoms with van der Waals surface area (Å²) in [4.78, 5) is 24.3. The molecule has 0 amide bonds. The number of nitro benzene ring substituents is 2. The first-order chi connectivity index (χ1) is 16.5. The van der Waals surface area contributed by atoms with Gasteiger partial charge in [0.15, 0.2) is 0 Å². The number of benzene rings is 2. The number of nitro groups is 2. The summed E-state index contributed by atoms with van der Waals surface area (Å²) in [5, 5.41) is 34.4. The Labute approximate surface area is 210 Å². The third-order valence-electron chi connectivity index (χ3n) is 4.13. The van der Waals surface area contributed by atoms with E-state index in [0.29, 0.717) is 30.1 Å². The molecule has 0 atom stereocenters. The van der Waals surface area contributed by atoms with Crippen LogP contribution in [0.2, 0.25) is 0 Å². The number of rotatable bonds is 8. The molecular formula is C23H38N7O6+. The first kappa shape index (κ1) is 33.9. The van der Waals surface area contributed by atoms with Gasteiger partial charge >= 0.3 is 5.90 Å². The maximum atomic E-state index is 10.7. The summed E-state index contributed by atoms with van der Waals surface area (Å²) in [5.74, 6) is 0.460. The largest absolute Gasteiger partial charge is 0.445 e. The van der Waals surface area contributed by atoms with Crippen LogP contribution < -0.4 is 22.6 Å². The van der Waals surface area contributed by atoms with Gasteiger partial charge in [0, 0.05) is 30.8 Å². The van der Waals surface area contributed by atoms with E-state index in [4.69, 9.17) is 32.5 Å². The third-order valence-corrected chi connectivity index (χ3v) is 4.13. The summed E-state index contributed by atoms with van der Waals surface area (Å²) in [7, 11) is 0. The Hall–Kier alpha value is -4.26. The van der Waals surface area contributed by atoms with E-state index in [1.807, 2.05) is 0 Å². The highest BCUT2D eigenvalue weighted by molar-refractivity contribution is 5.98. The van der Waals surface area contributed by atoms with Crippen molar-refractivity contribution in [3.8, 4) is 0 Å². The van der Waals surface area contributed by atoms with Gasteiger partial charge < -0.3 is 27.0 Å². The van der Waals surface area contributed by atoms with Gasteiger partial charge in [-0.05, 0) is 44.5 Å². The van der Waals surface area contributed by atoms with E-state index in [9.17, 15) is 20.2 Å². The van der Waals surface area contributed by atoms with Gasteiger partial charge in [-0.3, -0.25) is 25.2 Å². The molecule has 9 N–H and O–H groups in total. The second kappa shape index (κ2) is 18.1. The summed E-state index contributed by atoms with van der Waals surface area (Å²) in [5.41, 5.74) is 17.6. The molecule has 0 fully saturated rings. The van der Waals surface area contributed by atoms with Crippen molar-refractivity contribution in [2.45, 2.75) is 41.0 Å². The summed E-state index contributed by atoms with van der Waals surface area (Å²) >= 11 is 0. The zero-order chi connectivity index (χ0) is 27.0. The molecule has 0 aliphatic heterocycles. The highest BCUT2D eigenvalue weighted by Crippen LogP contribution is 2.23. The number of hydrogen-bond donors (Lipinski definition) is 5. The Morgan fingerprint density at radius 3 is 1.86 bits per heavy atom. The number of unbranched alkanes of at least 4 members (excludes halogenated alkanes) is 1. The number of ether oxygens (including phenoxy) is 1. The maximum Gasteiger partial charge on any atom is 0.366 e. The van der Waals surface area contributed by atoms with Gasteiger partial charge in [-0.15, -0.1) is 0 Å². The van der Waals surface area contributed by atoms with E-state index in [1.165, 1.54) is 24.3 Å². The van der Waals surface area contributed by atoms with Crippen LogP contribution in [0.15, 0.2) is 41.4 Å². The van der Waals surface area contributed by atoms with Crippen molar-refractivity contribution >= 4 is 34.5 Å². The lowest BCUT2D eigenvalue weighted by Crippen LogP contribution is -2.42. The Balaban J connectivity index is 0. The van der Waals surface area contributed by atoms with Crippen molar-refractivity contribution in [1.82, 2.24) is 0 Å². The highest BCUT2D eigenvalue weighted by Gasteiger charge is 2.17. The number of nitrogen functional groups attached to an aromatic ring is 2. The van der Waals surface area contributed by atoms with Crippen LogP contribution in [0.3, 0.4) is 0 Å². The van der Waals surface area contributed by atoms with E-state index < -0.39 is 9.85 Å². The number of aliphatic hydroxyl groups is 1. The SMILES string of the molecule is C.CCCCN=C(N)c1ccc(N)c([N+](=O)[O-])c1.CCO.CCOC(=[NH2+])c1ccc(N)c([N+](=O)[O-])c1. The highest BCUT2D eigenvalue weighted by atomic mass is 16.6. The molecule has 36 heavy (non-hydrogen) atoms. The summed E-state index contributed by atoms with van der Waals surface area (Å²) in [6.07, 6.45) is 1.97. The number of amidine groups is 1. The number of anilines is 2. The zero-order valence-corrected chi connectivity index (χ0v) is 20.1. The van der Waals surface area contributed by atoms with Crippen molar-refractivity contribution in [3.63, 3.8) is 0 Å². The standard InChI is InChI=1S/C11H16N4O2.C9H11N3O3.C2H6O.CH4/c1-2-3-6-14-11(13)8-4-5-9(12)10(7-8)15(16)17;1-2-15-9(11)6-3-4-7(10)8(5-6)12(13)14;1-2-3;/h4-5,7H,2-3,6,12H2,1H3,(H2,13,14);3-5,11H,2,10H2,1H3;3H,2H2,1H3;1H4/p+1. The molecule has 2 rings (SSSR count). The number of hydrogen-bond acceptors (Lipinski definition) is 9. The first-order valence-electron chi connectivity index (χ1n) is 10.8. The van der Waals surface area contributed by atoms with Crippen LogP contribution in [0.5, 0.6) is 0 Å². The third kappa shape index (κ3) is 11.7. The molecule has 13 nitrogen and oxygen atoms in total. The van der Waals surface area contributed by atoms with Gasteiger partial charge in [-0.2, -0.15) is 0 Å². The van der Waals surface area contributed by atoms with Crippen molar-refractivity contribution in [1.29, 1.82) is 0 Å². The molecule has 200 valence electrons. The van der Waals surface area contributed by atoms with E-state index in [2.05, 4.69) is 11.9 Å². The Morgan fingerprint density at radius 1 is 1.00 bits per heavy atom. The first-order valence-corrected chi connectivity index (χ1v) is 10.8. The van der Waals surface area contributed by atoms with Crippen LogP contribution in [0.4, 0.5) is 22.7 Å². The summed E-state index contributed by atoms with van der Waals surface area (Å²) in [6.45, 7) is 6.79. The fourth-order valence-corrected chi connectivity index (χ4v) is 2.40. The van der Waals surface area contributed by atoms with Crippen molar-refractivity contribution in [2.24, 2.45) is 10.7 Å². The maximum absolute atomic E-state index is 10.7. The fourth-order valence-electron chi connectivity index (χ4n) is 2.40. The topological polar surface area (TPSA) is 232 Å².